The fourth-order valence-corrected chi connectivity index (χ4v) is 2.75. The highest BCUT2D eigenvalue weighted by Crippen LogP contribution is 2.22. The number of rotatable bonds is 8. The molecule has 8 heteroatoms. The first-order valence-corrected chi connectivity index (χ1v) is 7.60. The summed E-state index contributed by atoms with van der Waals surface area (Å²) in [5.41, 5.74) is 4.33. The van der Waals surface area contributed by atoms with E-state index in [1.165, 1.54) is 0 Å². The zero-order chi connectivity index (χ0) is 15.2. The van der Waals surface area contributed by atoms with Crippen LogP contribution >= 0.6 is 0 Å². The quantitative estimate of drug-likeness (QED) is 0.565. The van der Waals surface area contributed by atoms with Crippen molar-refractivity contribution in [3.8, 4) is 0 Å². The van der Waals surface area contributed by atoms with Crippen LogP contribution in [0.4, 0.5) is 14.5 Å². The highest BCUT2D eigenvalue weighted by atomic mass is 32.2. The fourth-order valence-electron chi connectivity index (χ4n) is 1.59. The third-order valence-corrected chi connectivity index (χ3v) is 4.18. The minimum atomic E-state index is -4.03. The summed E-state index contributed by atoms with van der Waals surface area (Å²) in [6, 6.07) is 1.68. The molecule has 0 amide bonds. The Kier molecular flexibility index (Phi) is 6.31. The molecule has 5 nitrogen and oxygen atoms in total. The molecule has 0 heterocycles. The number of benzene rings is 1. The second-order valence-corrected chi connectivity index (χ2v) is 5.96. The predicted octanol–water partition coefficient (Wildman–Crippen LogP) is 1.64. The summed E-state index contributed by atoms with van der Waals surface area (Å²) in [5, 5.41) is 0. The maximum Gasteiger partial charge on any atom is 0.243 e. The van der Waals surface area contributed by atoms with E-state index in [1.807, 2.05) is 0 Å². The third kappa shape index (κ3) is 4.39. The Morgan fingerprint density at radius 3 is 2.60 bits per heavy atom. The van der Waals surface area contributed by atoms with Gasteiger partial charge in [0, 0.05) is 20.3 Å². The van der Waals surface area contributed by atoms with E-state index < -0.39 is 32.2 Å². The monoisotopic (exact) mass is 308 g/mol. The number of unbranched alkanes of at least 4 members (excludes halogenated alkanes) is 2. The third-order valence-electron chi connectivity index (χ3n) is 2.70. The Morgan fingerprint density at radius 1 is 1.25 bits per heavy atom. The van der Waals surface area contributed by atoms with E-state index in [1.54, 1.807) is 7.11 Å². The van der Waals surface area contributed by atoms with Gasteiger partial charge in [0.1, 0.15) is 16.4 Å². The van der Waals surface area contributed by atoms with Crippen LogP contribution in [0.2, 0.25) is 0 Å². The molecule has 0 fully saturated rings. The van der Waals surface area contributed by atoms with Gasteiger partial charge in [-0.05, 0) is 31.4 Å². The normalized spacial score (nSPS) is 11.8. The smallest absolute Gasteiger partial charge is 0.243 e. The van der Waals surface area contributed by atoms with E-state index in [-0.39, 0.29) is 6.54 Å². The van der Waals surface area contributed by atoms with Gasteiger partial charge >= 0.3 is 0 Å². The molecule has 3 N–H and O–H groups in total. The Labute approximate surface area is 117 Å². The highest BCUT2D eigenvalue weighted by Gasteiger charge is 2.21. The van der Waals surface area contributed by atoms with E-state index in [2.05, 4.69) is 4.72 Å². The molecule has 0 aromatic heterocycles. The average molecular weight is 308 g/mol. The van der Waals surface area contributed by atoms with Gasteiger partial charge < -0.3 is 10.5 Å². The molecular formula is C12H18F2N2O3S. The highest BCUT2D eigenvalue weighted by molar-refractivity contribution is 7.89. The summed E-state index contributed by atoms with van der Waals surface area (Å²) in [7, 11) is -2.44. The number of nitrogens with one attached hydrogen (secondary N) is 1. The number of ether oxygens (including phenoxy) is 1. The van der Waals surface area contributed by atoms with E-state index in [9.17, 15) is 17.2 Å². The summed E-state index contributed by atoms with van der Waals surface area (Å²) < 4.78 is 57.4. The molecule has 0 saturated carbocycles. The summed E-state index contributed by atoms with van der Waals surface area (Å²) in [4.78, 5) is -0.645. The average Bonchev–Trinajstić information content (AvgIpc) is 2.39. The zero-order valence-electron chi connectivity index (χ0n) is 11.2. The first-order valence-electron chi connectivity index (χ1n) is 6.12. The van der Waals surface area contributed by atoms with Crippen LogP contribution in [0.1, 0.15) is 19.3 Å². The Bertz CT molecular complexity index is 550. The molecule has 1 aromatic carbocycles. The summed E-state index contributed by atoms with van der Waals surface area (Å²) >= 11 is 0. The summed E-state index contributed by atoms with van der Waals surface area (Å²) in [6.07, 6.45) is 2.20. The molecule has 0 aliphatic rings. The number of anilines is 1. The zero-order valence-corrected chi connectivity index (χ0v) is 12.0. The molecule has 0 saturated heterocycles. The van der Waals surface area contributed by atoms with Gasteiger partial charge in [0.25, 0.3) is 0 Å². The lowest BCUT2D eigenvalue weighted by Crippen LogP contribution is -2.26. The molecule has 20 heavy (non-hydrogen) atoms. The van der Waals surface area contributed by atoms with Crippen molar-refractivity contribution in [3.05, 3.63) is 23.8 Å². The molecule has 0 unspecified atom stereocenters. The topological polar surface area (TPSA) is 81.4 Å². The maximum atomic E-state index is 13.6. The first-order chi connectivity index (χ1) is 9.40. The van der Waals surface area contributed by atoms with Crippen LogP contribution in [0.5, 0.6) is 0 Å². The van der Waals surface area contributed by atoms with E-state index in [0.29, 0.717) is 13.0 Å². The van der Waals surface area contributed by atoms with Crippen LogP contribution in [0.15, 0.2) is 17.0 Å². The van der Waals surface area contributed by atoms with Crippen molar-refractivity contribution < 1.29 is 21.9 Å². The molecule has 0 radical (unpaired) electrons. The lowest BCUT2D eigenvalue weighted by molar-refractivity contribution is 0.192. The molecule has 0 bridgehead atoms. The Morgan fingerprint density at radius 2 is 1.95 bits per heavy atom. The molecule has 1 rings (SSSR count). The second kappa shape index (κ2) is 7.51. The van der Waals surface area contributed by atoms with Gasteiger partial charge in [0.15, 0.2) is 5.82 Å². The van der Waals surface area contributed by atoms with E-state index >= 15 is 0 Å². The van der Waals surface area contributed by atoms with Crippen molar-refractivity contribution in [1.29, 1.82) is 0 Å². The van der Waals surface area contributed by atoms with Crippen LogP contribution in [-0.4, -0.2) is 28.7 Å². The largest absolute Gasteiger partial charge is 0.394 e. The number of methoxy groups -OCH3 is 1. The lowest BCUT2D eigenvalue weighted by atomic mass is 10.2. The van der Waals surface area contributed by atoms with Gasteiger partial charge in [0.05, 0.1) is 0 Å². The second-order valence-electron chi connectivity index (χ2n) is 4.22. The van der Waals surface area contributed by atoms with Gasteiger partial charge in [-0.25, -0.2) is 21.9 Å². The molecule has 114 valence electrons. The Balaban J connectivity index is 2.63. The van der Waals surface area contributed by atoms with Crippen molar-refractivity contribution in [2.24, 2.45) is 0 Å². The summed E-state index contributed by atoms with van der Waals surface area (Å²) in [5.74, 6) is -2.25. The van der Waals surface area contributed by atoms with E-state index in [0.717, 1.165) is 25.0 Å². The number of hydrogen-bond donors (Lipinski definition) is 2. The van der Waals surface area contributed by atoms with Crippen molar-refractivity contribution in [1.82, 2.24) is 4.72 Å². The molecule has 0 aliphatic heterocycles. The van der Waals surface area contributed by atoms with Crippen LogP contribution in [0.25, 0.3) is 0 Å². The minimum Gasteiger partial charge on any atom is -0.394 e. The van der Waals surface area contributed by atoms with Crippen molar-refractivity contribution in [2.45, 2.75) is 24.2 Å². The predicted molar refractivity (Wildman–Crippen MR) is 71.7 cm³/mol. The number of nitrogens with two attached hydrogens (primary N) is 1. The number of nitrogen functional groups attached to an aromatic ring is 1. The van der Waals surface area contributed by atoms with Crippen molar-refractivity contribution in [3.63, 3.8) is 0 Å². The van der Waals surface area contributed by atoms with Crippen LogP contribution < -0.4 is 10.5 Å². The molecule has 0 spiro atoms. The van der Waals surface area contributed by atoms with Gasteiger partial charge in [-0.15, -0.1) is 0 Å². The Hall–Kier alpha value is -1.25. The number of halogens is 2. The fraction of sp³-hybridized carbons (Fsp3) is 0.500. The van der Waals surface area contributed by atoms with E-state index in [4.69, 9.17) is 10.5 Å². The standard InChI is InChI=1S/C12H18F2N2O3S/c1-19-8-4-2-3-7-16-20(17,18)10-6-5-9(13)12(15)11(10)14/h5-6,16H,2-4,7-8,15H2,1H3. The molecule has 0 aliphatic carbocycles. The first kappa shape index (κ1) is 16.8. The lowest BCUT2D eigenvalue weighted by Gasteiger charge is -2.09. The number of hydrogen-bond acceptors (Lipinski definition) is 4. The van der Waals surface area contributed by atoms with Crippen LogP contribution in [0.3, 0.4) is 0 Å². The maximum absolute atomic E-state index is 13.6. The van der Waals surface area contributed by atoms with Crippen molar-refractivity contribution >= 4 is 15.7 Å². The summed E-state index contributed by atoms with van der Waals surface area (Å²) in [6.45, 7) is 0.776. The molecule has 1 aromatic rings. The van der Waals surface area contributed by atoms with Crippen LogP contribution in [-0.2, 0) is 14.8 Å². The van der Waals surface area contributed by atoms with Gasteiger partial charge in [-0.2, -0.15) is 0 Å². The minimum absolute atomic E-state index is 0.169. The molecule has 0 atom stereocenters. The number of sulfonamides is 1. The van der Waals surface area contributed by atoms with Crippen LogP contribution in [0, 0.1) is 11.6 Å². The van der Waals surface area contributed by atoms with Gasteiger partial charge in [-0.3, -0.25) is 0 Å². The van der Waals surface area contributed by atoms with Gasteiger partial charge in [0.2, 0.25) is 10.0 Å². The SMILES string of the molecule is COCCCCCNS(=O)(=O)c1ccc(F)c(N)c1F. The van der Waals surface area contributed by atoms with Crippen molar-refractivity contribution in [2.75, 3.05) is 26.0 Å². The molecular weight excluding hydrogens is 290 g/mol. The van der Waals surface area contributed by atoms with Gasteiger partial charge in [-0.1, -0.05) is 0 Å².